The summed E-state index contributed by atoms with van der Waals surface area (Å²) in [5.41, 5.74) is 3.91. The Morgan fingerprint density at radius 1 is 1.11 bits per heavy atom. The summed E-state index contributed by atoms with van der Waals surface area (Å²) in [6.45, 7) is 7.84. The van der Waals surface area contributed by atoms with E-state index in [-0.39, 0.29) is 29.7 Å². The van der Waals surface area contributed by atoms with E-state index in [1.807, 2.05) is 48.7 Å². The molecule has 0 radical (unpaired) electrons. The number of thiocarbonyl (C=S) groups is 1. The SMILES string of the molecule is C=CCN1C(=O)/C(=C/c2cc(C)n(-c3ccc(OCc4ccccc4F)cc3)c2C)C(=O)NC1=S. The van der Waals surface area contributed by atoms with E-state index >= 15 is 0 Å². The highest BCUT2D eigenvalue weighted by atomic mass is 32.1. The van der Waals surface area contributed by atoms with Crippen molar-refractivity contribution in [2.75, 3.05) is 6.54 Å². The number of nitrogens with zero attached hydrogens (tertiary/aromatic N) is 2. The molecule has 1 aromatic heterocycles. The molecular formula is C27H24FN3O3S. The van der Waals surface area contributed by atoms with Gasteiger partial charge in [-0.1, -0.05) is 24.3 Å². The lowest BCUT2D eigenvalue weighted by atomic mass is 10.1. The highest BCUT2D eigenvalue weighted by molar-refractivity contribution is 7.80. The van der Waals surface area contributed by atoms with Gasteiger partial charge in [0.15, 0.2) is 5.11 Å². The van der Waals surface area contributed by atoms with Crippen molar-refractivity contribution < 1.29 is 18.7 Å². The van der Waals surface area contributed by atoms with E-state index in [0.717, 1.165) is 22.6 Å². The van der Waals surface area contributed by atoms with Crippen molar-refractivity contribution in [3.8, 4) is 11.4 Å². The summed E-state index contributed by atoms with van der Waals surface area (Å²) in [5, 5.41) is 2.63. The van der Waals surface area contributed by atoms with Crippen molar-refractivity contribution in [2.24, 2.45) is 0 Å². The number of carbonyl (C=O) groups excluding carboxylic acids is 2. The number of halogens is 1. The molecule has 3 aromatic rings. The molecule has 2 heterocycles. The minimum absolute atomic E-state index is 0.0117. The summed E-state index contributed by atoms with van der Waals surface area (Å²) in [4.78, 5) is 26.6. The van der Waals surface area contributed by atoms with E-state index in [2.05, 4.69) is 11.9 Å². The highest BCUT2D eigenvalue weighted by Crippen LogP contribution is 2.26. The Labute approximate surface area is 208 Å². The summed E-state index contributed by atoms with van der Waals surface area (Å²) >= 11 is 5.11. The van der Waals surface area contributed by atoms with Crippen LogP contribution in [0.25, 0.3) is 11.8 Å². The molecule has 178 valence electrons. The summed E-state index contributed by atoms with van der Waals surface area (Å²) in [5.74, 6) is -0.672. The van der Waals surface area contributed by atoms with Crippen LogP contribution < -0.4 is 10.1 Å². The Morgan fingerprint density at radius 2 is 1.83 bits per heavy atom. The maximum atomic E-state index is 13.8. The third kappa shape index (κ3) is 4.93. The molecule has 1 saturated heterocycles. The lowest BCUT2D eigenvalue weighted by Gasteiger charge is -2.27. The zero-order valence-corrected chi connectivity index (χ0v) is 20.2. The third-order valence-electron chi connectivity index (χ3n) is 5.71. The lowest BCUT2D eigenvalue weighted by molar-refractivity contribution is -0.128. The molecule has 2 aromatic carbocycles. The molecule has 1 fully saturated rings. The number of aromatic nitrogens is 1. The molecule has 0 aliphatic carbocycles. The molecule has 4 rings (SSSR count). The first kappa shape index (κ1) is 24.1. The fraction of sp³-hybridized carbons (Fsp3) is 0.148. The zero-order valence-electron chi connectivity index (χ0n) is 19.4. The standard InChI is InChI=1S/C27H24FN3O3S/c1-4-13-30-26(33)23(25(32)29-27(30)35)15-20-14-17(2)31(18(20)3)21-9-11-22(12-10-21)34-16-19-7-5-6-8-24(19)28/h4-12,14-15H,1,13,16H2,2-3H3,(H,29,32,35)/b23-15+. The first-order valence-corrected chi connectivity index (χ1v) is 11.4. The van der Waals surface area contributed by atoms with E-state index in [9.17, 15) is 14.0 Å². The van der Waals surface area contributed by atoms with Crippen molar-refractivity contribution in [2.45, 2.75) is 20.5 Å². The quantitative estimate of drug-likeness (QED) is 0.228. The van der Waals surface area contributed by atoms with Crippen LogP contribution in [0.3, 0.4) is 0 Å². The average Bonchev–Trinajstić information content (AvgIpc) is 3.12. The third-order valence-corrected chi connectivity index (χ3v) is 6.04. The number of aryl methyl sites for hydroxylation is 1. The maximum Gasteiger partial charge on any atom is 0.265 e. The van der Waals surface area contributed by atoms with Crippen molar-refractivity contribution in [3.05, 3.63) is 101 Å². The molecule has 0 unspecified atom stereocenters. The maximum absolute atomic E-state index is 13.8. The minimum Gasteiger partial charge on any atom is -0.489 e. The van der Waals surface area contributed by atoms with Crippen molar-refractivity contribution in [3.63, 3.8) is 0 Å². The molecule has 6 nitrogen and oxygen atoms in total. The van der Waals surface area contributed by atoms with Crippen molar-refractivity contribution in [1.29, 1.82) is 0 Å². The van der Waals surface area contributed by atoms with Gasteiger partial charge in [-0.3, -0.25) is 19.8 Å². The van der Waals surface area contributed by atoms with Gasteiger partial charge in [0.2, 0.25) is 0 Å². The number of ether oxygens (including phenoxy) is 1. The van der Waals surface area contributed by atoms with Gasteiger partial charge in [-0.15, -0.1) is 6.58 Å². The van der Waals surface area contributed by atoms with Gasteiger partial charge in [-0.2, -0.15) is 0 Å². The second kappa shape index (κ2) is 10.1. The molecule has 0 atom stereocenters. The molecule has 8 heteroatoms. The molecular weight excluding hydrogens is 465 g/mol. The van der Waals surface area contributed by atoms with Gasteiger partial charge in [0.25, 0.3) is 11.8 Å². The molecule has 0 bridgehead atoms. The number of benzene rings is 2. The first-order valence-electron chi connectivity index (χ1n) is 11.0. The van der Waals surface area contributed by atoms with E-state index in [1.165, 1.54) is 11.0 Å². The summed E-state index contributed by atoms with van der Waals surface area (Å²) in [7, 11) is 0. The first-order chi connectivity index (χ1) is 16.8. The van der Waals surface area contributed by atoms with E-state index in [0.29, 0.717) is 11.3 Å². The molecule has 0 spiro atoms. The Bertz CT molecular complexity index is 1360. The van der Waals surface area contributed by atoms with Crippen LogP contribution >= 0.6 is 12.2 Å². The van der Waals surface area contributed by atoms with E-state index < -0.39 is 11.8 Å². The Balaban J connectivity index is 1.57. The van der Waals surface area contributed by atoms with Gasteiger partial charge in [0, 0.05) is 29.2 Å². The number of rotatable bonds is 7. The molecule has 1 aliphatic rings. The molecule has 2 amide bonds. The van der Waals surface area contributed by atoms with Crippen LogP contribution in [0.1, 0.15) is 22.5 Å². The van der Waals surface area contributed by atoms with Gasteiger partial charge >= 0.3 is 0 Å². The summed E-state index contributed by atoms with van der Waals surface area (Å²) in [6, 6.07) is 15.9. The Kier molecular flexibility index (Phi) is 6.93. The Morgan fingerprint density at radius 3 is 2.51 bits per heavy atom. The number of hydrogen-bond donors (Lipinski definition) is 1. The predicted molar refractivity (Wildman–Crippen MR) is 137 cm³/mol. The van der Waals surface area contributed by atoms with Crippen LogP contribution in [-0.4, -0.2) is 32.9 Å². The number of carbonyl (C=O) groups is 2. The molecule has 35 heavy (non-hydrogen) atoms. The van der Waals surface area contributed by atoms with Gasteiger partial charge < -0.3 is 9.30 Å². The topological polar surface area (TPSA) is 63.6 Å². The largest absolute Gasteiger partial charge is 0.489 e. The molecule has 1 N–H and O–H groups in total. The molecule has 0 saturated carbocycles. The Hall–Kier alpha value is -4.04. The predicted octanol–water partition coefficient (Wildman–Crippen LogP) is 4.62. The average molecular weight is 490 g/mol. The van der Waals surface area contributed by atoms with Crippen LogP contribution in [0.5, 0.6) is 5.75 Å². The second-order valence-electron chi connectivity index (χ2n) is 8.06. The number of nitrogens with one attached hydrogen (secondary N) is 1. The van der Waals surface area contributed by atoms with E-state index in [1.54, 1.807) is 30.4 Å². The van der Waals surface area contributed by atoms with Gasteiger partial charge in [-0.05, 0) is 74.1 Å². The normalized spacial score (nSPS) is 14.9. The zero-order chi connectivity index (χ0) is 25.1. The van der Waals surface area contributed by atoms with Crippen molar-refractivity contribution in [1.82, 2.24) is 14.8 Å². The van der Waals surface area contributed by atoms with Crippen molar-refractivity contribution >= 4 is 35.2 Å². The highest BCUT2D eigenvalue weighted by Gasteiger charge is 2.32. The smallest absolute Gasteiger partial charge is 0.265 e. The number of hydrogen-bond acceptors (Lipinski definition) is 4. The van der Waals surface area contributed by atoms with E-state index in [4.69, 9.17) is 17.0 Å². The van der Waals surface area contributed by atoms with Crippen LogP contribution in [0.15, 0.2) is 72.8 Å². The van der Waals surface area contributed by atoms with Crippen LogP contribution in [-0.2, 0) is 16.2 Å². The number of amides is 2. The summed E-state index contributed by atoms with van der Waals surface area (Å²) in [6.07, 6.45) is 3.13. The minimum atomic E-state index is -0.526. The van der Waals surface area contributed by atoms with Gasteiger partial charge in [-0.25, -0.2) is 4.39 Å². The van der Waals surface area contributed by atoms with Crippen LogP contribution in [0, 0.1) is 19.7 Å². The fourth-order valence-electron chi connectivity index (χ4n) is 3.94. The monoisotopic (exact) mass is 489 g/mol. The lowest BCUT2D eigenvalue weighted by Crippen LogP contribution is -2.53. The van der Waals surface area contributed by atoms with Crippen LogP contribution in [0.2, 0.25) is 0 Å². The second-order valence-corrected chi connectivity index (χ2v) is 8.44. The van der Waals surface area contributed by atoms with Gasteiger partial charge in [0.1, 0.15) is 23.7 Å². The summed E-state index contributed by atoms with van der Waals surface area (Å²) < 4.78 is 21.6. The van der Waals surface area contributed by atoms with Gasteiger partial charge in [0.05, 0.1) is 0 Å². The molecule has 1 aliphatic heterocycles. The fourth-order valence-corrected chi connectivity index (χ4v) is 4.19. The van der Waals surface area contributed by atoms with Crippen LogP contribution in [0.4, 0.5) is 4.39 Å².